The van der Waals surface area contributed by atoms with Crippen molar-refractivity contribution in [3.05, 3.63) is 71.0 Å². The van der Waals surface area contributed by atoms with Crippen LogP contribution in [0.3, 0.4) is 0 Å². The minimum atomic E-state index is -0.903. The van der Waals surface area contributed by atoms with Gasteiger partial charge in [0, 0.05) is 38.1 Å². The Hall–Kier alpha value is -2.09. The normalized spacial score (nSPS) is 19.9. The lowest BCUT2D eigenvalue weighted by Crippen LogP contribution is -2.36. The zero-order valence-corrected chi connectivity index (χ0v) is 16.4. The van der Waals surface area contributed by atoms with Gasteiger partial charge < -0.3 is 5.11 Å². The average molecular weight is 402 g/mol. The Balaban J connectivity index is 1.26. The van der Waals surface area contributed by atoms with Gasteiger partial charge in [-0.05, 0) is 41.7 Å². The van der Waals surface area contributed by atoms with E-state index in [2.05, 4.69) is 29.2 Å². The summed E-state index contributed by atoms with van der Waals surface area (Å²) in [7, 11) is 0. The van der Waals surface area contributed by atoms with Gasteiger partial charge in [0.15, 0.2) is 5.56 Å². The van der Waals surface area contributed by atoms with Gasteiger partial charge in [-0.2, -0.15) is 0 Å². The van der Waals surface area contributed by atoms with Crippen LogP contribution in [0.25, 0.3) is 0 Å². The Morgan fingerprint density at radius 1 is 1.07 bits per heavy atom. The van der Waals surface area contributed by atoms with E-state index < -0.39 is 5.56 Å². The maximum atomic E-state index is 13.0. The third kappa shape index (κ3) is 4.32. The van der Waals surface area contributed by atoms with E-state index in [0.717, 1.165) is 50.0 Å². The first-order valence-corrected chi connectivity index (χ1v) is 10.4. The number of hydrogen-bond acceptors (Lipinski definition) is 4. The molecule has 0 aromatic heterocycles. The quantitative estimate of drug-likeness (QED) is 0.754. The molecule has 1 saturated heterocycles. The summed E-state index contributed by atoms with van der Waals surface area (Å²) in [6, 6.07) is 14.4. The summed E-state index contributed by atoms with van der Waals surface area (Å²) in [5.41, 5.74) is 2.72. The topological polar surface area (TPSA) is 47.0 Å². The first kappa shape index (κ1) is 19.2. The summed E-state index contributed by atoms with van der Waals surface area (Å²) >= 11 is 1.15. The van der Waals surface area contributed by atoms with Crippen molar-refractivity contribution in [2.45, 2.75) is 31.5 Å². The first-order chi connectivity index (χ1) is 13.6. The summed E-state index contributed by atoms with van der Waals surface area (Å²) in [6.45, 7) is 3.78. The van der Waals surface area contributed by atoms with Crippen LogP contribution in [0, 0.1) is 5.82 Å². The van der Waals surface area contributed by atoms with Crippen LogP contribution in [-0.2, 0) is 19.5 Å². The van der Waals surface area contributed by atoms with E-state index in [9.17, 15) is 14.3 Å². The van der Waals surface area contributed by atoms with Crippen LogP contribution in [0.2, 0.25) is 0 Å². The summed E-state index contributed by atoms with van der Waals surface area (Å²) < 4.78 is 14.7. The predicted molar refractivity (Wildman–Crippen MR) is 108 cm³/mol. The van der Waals surface area contributed by atoms with E-state index in [0.29, 0.717) is 6.54 Å². The maximum absolute atomic E-state index is 13.0. The Morgan fingerprint density at radius 3 is 2.61 bits per heavy atom. The minimum Gasteiger partial charge on any atom is -0.363 e. The largest absolute Gasteiger partial charge is 0.363 e. The second-order valence-corrected chi connectivity index (χ2v) is 8.29. The lowest BCUT2D eigenvalue weighted by Gasteiger charge is -2.29. The van der Waals surface area contributed by atoms with Crippen molar-refractivity contribution in [2.24, 2.45) is 0 Å². The summed E-state index contributed by atoms with van der Waals surface area (Å²) in [5.74, 6) is -0.312. The van der Waals surface area contributed by atoms with E-state index >= 15 is 0 Å². The van der Waals surface area contributed by atoms with Crippen molar-refractivity contribution in [3.63, 3.8) is 0 Å². The Labute approximate surface area is 168 Å². The standard InChI is InChI=1S/C21H24FN3O2S/c22-19-8-6-16(7-9-19)14-24-20(26)25(28-21(24)27)12-3-11-23-13-10-17-4-1-2-5-18(17)15-23/h1-2,4-9,21,27H,3,10-15H2. The van der Waals surface area contributed by atoms with Crippen molar-refractivity contribution in [2.75, 3.05) is 19.6 Å². The van der Waals surface area contributed by atoms with Crippen molar-refractivity contribution in [3.8, 4) is 0 Å². The Kier molecular flexibility index (Phi) is 5.85. The number of aliphatic hydroxyl groups is 1. The Morgan fingerprint density at radius 2 is 1.82 bits per heavy atom. The molecule has 0 saturated carbocycles. The number of carbonyl (C=O) groups excluding carboxylic acids is 1. The van der Waals surface area contributed by atoms with Gasteiger partial charge in [0.05, 0.1) is 6.54 Å². The number of halogens is 1. The molecule has 1 N–H and O–H groups in total. The fourth-order valence-electron chi connectivity index (χ4n) is 3.72. The molecule has 0 spiro atoms. The van der Waals surface area contributed by atoms with Crippen molar-refractivity contribution in [1.82, 2.24) is 14.1 Å². The van der Waals surface area contributed by atoms with Crippen molar-refractivity contribution < 1.29 is 14.3 Å². The van der Waals surface area contributed by atoms with Gasteiger partial charge >= 0.3 is 6.03 Å². The van der Waals surface area contributed by atoms with Gasteiger partial charge in [-0.25, -0.2) is 9.18 Å². The molecule has 1 fully saturated rings. The highest BCUT2D eigenvalue weighted by atomic mass is 32.2. The van der Waals surface area contributed by atoms with Gasteiger partial charge in [0.1, 0.15) is 5.82 Å². The Bertz CT molecular complexity index is 833. The molecule has 2 aliphatic rings. The molecule has 0 aliphatic carbocycles. The summed E-state index contributed by atoms with van der Waals surface area (Å²) in [6.07, 6.45) is 1.93. The number of carbonyl (C=O) groups is 1. The highest BCUT2D eigenvalue weighted by Gasteiger charge is 2.37. The van der Waals surface area contributed by atoms with Gasteiger partial charge in [0.2, 0.25) is 0 Å². The molecular formula is C21H24FN3O2S. The third-order valence-electron chi connectivity index (χ3n) is 5.26. The van der Waals surface area contributed by atoms with Crippen LogP contribution >= 0.6 is 11.9 Å². The van der Waals surface area contributed by atoms with Crippen LogP contribution in [-0.4, -0.2) is 50.4 Å². The number of amides is 2. The van der Waals surface area contributed by atoms with Crippen LogP contribution in [0.4, 0.5) is 9.18 Å². The molecular weight excluding hydrogens is 377 g/mol. The van der Waals surface area contributed by atoms with Crippen LogP contribution < -0.4 is 0 Å². The van der Waals surface area contributed by atoms with Crippen LogP contribution in [0.15, 0.2) is 48.5 Å². The molecule has 28 heavy (non-hydrogen) atoms. The maximum Gasteiger partial charge on any atom is 0.333 e. The molecule has 7 heteroatoms. The van der Waals surface area contributed by atoms with Gasteiger partial charge in [-0.3, -0.25) is 14.1 Å². The van der Waals surface area contributed by atoms with Gasteiger partial charge in [-0.1, -0.05) is 36.4 Å². The molecule has 2 aromatic carbocycles. The van der Waals surface area contributed by atoms with E-state index in [4.69, 9.17) is 0 Å². The molecule has 1 unspecified atom stereocenters. The molecule has 4 rings (SSSR count). The van der Waals surface area contributed by atoms with E-state index in [1.165, 1.54) is 28.2 Å². The van der Waals surface area contributed by atoms with Crippen molar-refractivity contribution in [1.29, 1.82) is 0 Å². The van der Waals surface area contributed by atoms with Crippen LogP contribution in [0.1, 0.15) is 23.1 Å². The smallest absolute Gasteiger partial charge is 0.333 e. The van der Waals surface area contributed by atoms with E-state index in [1.54, 1.807) is 16.4 Å². The fraction of sp³-hybridized carbons (Fsp3) is 0.381. The summed E-state index contributed by atoms with van der Waals surface area (Å²) in [4.78, 5) is 16.4. The molecule has 0 bridgehead atoms. The lowest BCUT2D eigenvalue weighted by molar-refractivity contribution is 0.0994. The molecule has 5 nitrogen and oxygen atoms in total. The van der Waals surface area contributed by atoms with E-state index in [1.807, 2.05) is 0 Å². The van der Waals surface area contributed by atoms with E-state index in [-0.39, 0.29) is 18.4 Å². The molecule has 2 aromatic rings. The highest BCUT2D eigenvalue weighted by molar-refractivity contribution is 7.98. The third-order valence-corrected chi connectivity index (χ3v) is 6.29. The number of nitrogens with zero attached hydrogens (tertiary/aromatic N) is 3. The molecule has 148 valence electrons. The van der Waals surface area contributed by atoms with Gasteiger partial charge in [-0.15, -0.1) is 0 Å². The lowest BCUT2D eigenvalue weighted by atomic mass is 10.00. The SMILES string of the molecule is O=C1N(CCCN2CCc3ccccc3C2)SC(O)N1Cc1ccc(F)cc1. The molecule has 2 aliphatic heterocycles. The number of fused-ring (bicyclic) bond motifs is 1. The second-order valence-electron chi connectivity index (χ2n) is 7.22. The summed E-state index contributed by atoms with van der Waals surface area (Å²) in [5, 5.41) is 10.2. The molecule has 2 heterocycles. The number of benzene rings is 2. The monoisotopic (exact) mass is 401 g/mol. The fourth-order valence-corrected chi connectivity index (χ4v) is 4.65. The zero-order valence-electron chi connectivity index (χ0n) is 15.6. The first-order valence-electron chi connectivity index (χ1n) is 9.57. The number of aliphatic hydroxyl groups excluding tert-OH is 1. The number of urea groups is 1. The molecule has 0 radical (unpaired) electrons. The average Bonchev–Trinajstić information content (AvgIpc) is 2.97. The van der Waals surface area contributed by atoms with Crippen LogP contribution in [0.5, 0.6) is 0 Å². The van der Waals surface area contributed by atoms with Crippen molar-refractivity contribution >= 4 is 18.0 Å². The number of hydrogen-bond donors (Lipinski definition) is 1. The molecule has 1 atom stereocenters. The number of rotatable bonds is 6. The van der Waals surface area contributed by atoms with Gasteiger partial charge in [0.25, 0.3) is 0 Å². The zero-order chi connectivity index (χ0) is 19.5. The molecule has 2 amide bonds. The minimum absolute atomic E-state index is 0.189. The highest BCUT2D eigenvalue weighted by Crippen LogP contribution is 2.31. The second kappa shape index (κ2) is 8.51. The predicted octanol–water partition coefficient (Wildman–Crippen LogP) is 3.44.